The van der Waals surface area contributed by atoms with E-state index in [9.17, 15) is 14.4 Å². The van der Waals surface area contributed by atoms with Gasteiger partial charge < -0.3 is 14.6 Å². The van der Waals surface area contributed by atoms with E-state index in [1.807, 2.05) is 6.92 Å². The molecule has 0 radical (unpaired) electrons. The van der Waals surface area contributed by atoms with Crippen molar-refractivity contribution in [1.82, 2.24) is 0 Å². The van der Waals surface area contributed by atoms with Crippen LogP contribution in [0, 0.1) is 5.92 Å². The highest BCUT2D eigenvalue weighted by Gasteiger charge is 2.35. The third-order valence-corrected chi connectivity index (χ3v) is 4.00. The number of carbonyl (C=O) groups excluding carboxylic acids is 2. The summed E-state index contributed by atoms with van der Waals surface area (Å²) in [4.78, 5) is 35.8. The Morgan fingerprint density at radius 2 is 1.58 bits per heavy atom. The number of aliphatic carboxylic acids is 1. The molecule has 6 heteroatoms. The Morgan fingerprint density at radius 1 is 1.04 bits per heavy atom. The zero-order valence-electron chi connectivity index (χ0n) is 14.8. The number of carboxylic acids is 1. The van der Waals surface area contributed by atoms with Gasteiger partial charge in [0.05, 0.1) is 13.2 Å². The van der Waals surface area contributed by atoms with Crippen molar-refractivity contribution >= 4 is 17.5 Å². The summed E-state index contributed by atoms with van der Waals surface area (Å²) in [6, 6.07) is 0. The Labute approximate surface area is 142 Å². The highest BCUT2D eigenvalue weighted by Crippen LogP contribution is 2.30. The van der Waals surface area contributed by atoms with Crippen molar-refractivity contribution in [1.29, 1.82) is 0 Å². The third-order valence-electron chi connectivity index (χ3n) is 4.00. The van der Waals surface area contributed by atoms with Crippen LogP contribution >= 0.6 is 0 Å². The second kappa shape index (κ2) is 9.25. The highest BCUT2D eigenvalue weighted by molar-refractivity contribution is 6.23. The summed E-state index contributed by atoms with van der Waals surface area (Å²) < 4.78 is 10.7. The molecule has 0 aliphatic heterocycles. The molecule has 0 fully saturated rings. The van der Waals surface area contributed by atoms with Crippen LogP contribution in [-0.2, 0) is 23.9 Å². The second-order valence-electron chi connectivity index (χ2n) is 5.86. The quantitative estimate of drug-likeness (QED) is 0.616. The molecule has 1 aliphatic rings. The lowest BCUT2D eigenvalue weighted by Crippen LogP contribution is -2.26. The molecular weight excluding hydrogens is 312 g/mol. The number of Topliss-reactive ketones (excluding diaryl/α,β-unsaturated/α-hetero) is 2. The van der Waals surface area contributed by atoms with Gasteiger partial charge in [-0.2, -0.15) is 0 Å². The average molecular weight is 338 g/mol. The van der Waals surface area contributed by atoms with E-state index in [2.05, 4.69) is 0 Å². The highest BCUT2D eigenvalue weighted by atomic mass is 16.5. The van der Waals surface area contributed by atoms with Crippen LogP contribution < -0.4 is 0 Å². The zero-order chi connectivity index (χ0) is 18.3. The molecule has 1 atom stereocenters. The molecule has 1 unspecified atom stereocenters. The van der Waals surface area contributed by atoms with Gasteiger partial charge in [0, 0.05) is 17.6 Å². The molecule has 0 amide bonds. The van der Waals surface area contributed by atoms with Crippen molar-refractivity contribution < 1.29 is 29.0 Å². The van der Waals surface area contributed by atoms with Gasteiger partial charge in [-0.3, -0.25) is 14.4 Å². The fraction of sp³-hybridized carbons (Fsp3) is 0.611. The number of allylic oxidation sites excluding steroid dienone is 2. The summed E-state index contributed by atoms with van der Waals surface area (Å²) >= 11 is 0. The van der Waals surface area contributed by atoms with Crippen LogP contribution in [0.25, 0.3) is 0 Å². The minimum absolute atomic E-state index is 0.00970. The van der Waals surface area contributed by atoms with Gasteiger partial charge in [0.15, 0.2) is 0 Å². The lowest BCUT2D eigenvalue weighted by atomic mass is 9.87. The van der Waals surface area contributed by atoms with Gasteiger partial charge in [-0.1, -0.05) is 6.92 Å². The van der Waals surface area contributed by atoms with Gasteiger partial charge >= 0.3 is 5.97 Å². The van der Waals surface area contributed by atoms with Gasteiger partial charge in [-0.05, 0) is 46.0 Å². The molecule has 0 aromatic heterocycles. The Hall–Kier alpha value is -2.11. The van der Waals surface area contributed by atoms with Crippen LogP contribution in [0.5, 0.6) is 0 Å². The maximum atomic E-state index is 12.7. The van der Waals surface area contributed by atoms with Crippen LogP contribution in [0.15, 0.2) is 22.7 Å². The minimum atomic E-state index is -0.830. The van der Waals surface area contributed by atoms with Crippen LogP contribution in [-0.4, -0.2) is 35.9 Å². The summed E-state index contributed by atoms with van der Waals surface area (Å²) in [5.41, 5.74) is 0.825. The zero-order valence-corrected chi connectivity index (χ0v) is 14.8. The first-order valence-electron chi connectivity index (χ1n) is 8.34. The summed E-state index contributed by atoms with van der Waals surface area (Å²) in [7, 11) is 0. The Kier molecular flexibility index (Phi) is 7.68. The van der Waals surface area contributed by atoms with E-state index in [1.165, 1.54) is 0 Å². The summed E-state index contributed by atoms with van der Waals surface area (Å²) in [5.74, 6) is -1.32. The summed E-state index contributed by atoms with van der Waals surface area (Å²) in [6.07, 6.45) is 1.71. The van der Waals surface area contributed by atoms with Crippen LogP contribution in [0.3, 0.4) is 0 Å². The van der Waals surface area contributed by atoms with Crippen molar-refractivity contribution in [3.63, 3.8) is 0 Å². The van der Waals surface area contributed by atoms with Crippen LogP contribution in [0.4, 0.5) is 0 Å². The number of carboxylic acid groups (broad SMARTS) is 1. The van der Waals surface area contributed by atoms with Crippen LogP contribution in [0.1, 0.15) is 53.4 Å². The Morgan fingerprint density at radius 3 is 2.08 bits per heavy atom. The topological polar surface area (TPSA) is 89.9 Å². The minimum Gasteiger partial charge on any atom is -0.486 e. The first-order valence-corrected chi connectivity index (χ1v) is 8.34. The third kappa shape index (κ3) is 4.94. The molecule has 0 aromatic carbocycles. The van der Waals surface area contributed by atoms with Crippen molar-refractivity contribution in [3.8, 4) is 0 Å². The number of carbonyl (C=O) groups is 3. The number of ether oxygens (including phenoxy) is 2. The monoisotopic (exact) mass is 338 g/mol. The Bertz CT molecular complexity index is 570. The molecule has 6 nitrogen and oxygen atoms in total. The van der Waals surface area contributed by atoms with Gasteiger partial charge in [0.2, 0.25) is 23.1 Å². The molecule has 0 saturated carbocycles. The molecular formula is C18H26O6. The fourth-order valence-corrected chi connectivity index (χ4v) is 2.58. The van der Waals surface area contributed by atoms with E-state index < -0.39 is 5.97 Å². The number of hydrogen-bond acceptors (Lipinski definition) is 5. The van der Waals surface area contributed by atoms with Gasteiger partial charge in [-0.25, -0.2) is 0 Å². The molecule has 1 N–H and O–H groups in total. The standard InChI is InChI=1S/C18H26O6/c1-5-23-17-15(21)12(4)13(16(22)18(17)24-6-2)9-7-11(3)8-10-14(19)20/h11H,5-10H2,1-4H3,(H,19,20). The predicted molar refractivity (Wildman–Crippen MR) is 88.3 cm³/mol. The van der Waals surface area contributed by atoms with E-state index in [4.69, 9.17) is 14.6 Å². The fourth-order valence-electron chi connectivity index (χ4n) is 2.58. The largest absolute Gasteiger partial charge is 0.486 e. The first-order chi connectivity index (χ1) is 11.3. The van der Waals surface area contributed by atoms with Crippen molar-refractivity contribution in [2.75, 3.05) is 13.2 Å². The molecule has 0 saturated heterocycles. The van der Waals surface area contributed by atoms with Gasteiger partial charge in [-0.15, -0.1) is 0 Å². The maximum Gasteiger partial charge on any atom is 0.303 e. The molecule has 0 aromatic rings. The predicted octanol–water partition coefficient (Wildman–Crippen LogP) is 3.02. The lowest BCUT2D eigenvalue weighted by molar-refractivity contribution is -0.137. The van der Waals surface area contributed by atoms with Gasteiger partial charge in [0.25, 0.3) is 0 Å². The number of hydrogen-bond donors (Lipinski definition) is 1. The maximum absolute atomic E-state index is 12.7. The van der Waals surface area contributed by atoms with E-state index in [-0.39, 0.29) is 48.6 Å². The number of rotatable bonds is 10. The molecule has 134 valence electrons. The van der Waals surface area contributed by atoms with E-state index in [1.54, 1.807) is 20.8 Å². The van der Waals surface area contributed by atoms with Crippen LogP contribution in [0.2, 0.25) is 0 Å². The molecule has 1 rings (SSSR count). The molecule has 0 spiro atoms. The molecule has 24 heavy (non-hydrogen) atoms. The first kappa shape index (κ1) is 19.9. The lowest BCUT2D eigenvalue weighted by Gasteiger charge is -2.22. The smallest absolute Gasteiger partial charge is 0.303 e. The molecule has 0 bridgehead atoms. The summed E-state index contributed by atoms with van der Waals surface area (Å²) in [6.45, 7) is 7.60. The SMILES string of the molecule is CCOC1=C(OCC)C(=O)C(CCC(C)CCC(=O)O)=C(C)C1=O. The van der Waals surface area contributed by atoms with Crippen molar-refractivity contribution in [2.45, 2.75) is 53.4 Å². The summed E-state index contributed by atoms with van der Waals surface area (Å²) in [5, 5.41) is 8.73. The normalized spacial score (nSPS) is 16.5. The Balaban J connectivity index is 2.89. The van der Waals surface area contributed by atoms with E-state index in [0.29, 0.717) is 30.4 Å². The molecule has 1 aliphatic carbocycles. The average Bonchev–Trinajstić information content (AvgIpc) is 2.54. The van der Waals surface area contributed by atoms with E-state index in [0.717, 1.165) is 0 Å². The van der Waals surface area contributed by atoms with Crippen molar-refractivity contribution in [2.24, 2.45) is 5.92 Å². The van der Waals surface area contributed by atoms with Crippen molar-refractivity contribution in [3.05, 3.63) is 22.7 Å². The second-order valence-corrected chi connectivity index (χ2v) is 5.86. The van der Waals surface area contributed by atoms with E-state index >= 15 is 0 Å². The molecule has 0 heterocycles. The van der Waals surface area contributed by atoms with Gasteiger partial charge in [0.1, 0.15) is 0 Å². The number of ketones is 2.